The minimum absolute atomic E-state index is 0.847. The molecule has 0 saturated carbocycles. The van der Waals surface area contributed by atoms with Gasteiger partial charge in [-0.2, -0.15) is 0 Å². The summed E-state index contributed by atoms with van der Waals surface area (Å²) in [4.78, 5) is 4.53. The zero-order valence-electron chi connectivity index (χ0n) is 15.3. The van der Waals surface area contributed by atoms with Crippen molar-refractivity contribution in [2.45, 2.75) is 0 Å². The van der Waals surface area contributed by atoms with Crippen molar-refractivity contribution < 1.29 is 9.15 Å². The molecule has 1 aliphatic heterocycles. The Bertz CT molecular complexity index is 1580. The minimum Gasteiger partial charge on any atom is -0.453 e. The molecular formula is C25H14N2O2. The summed E-state index contributed by atoms with van der Waals surface area (Å²) in [7, 11) is 0. The maximum absolute atomic E-state index is 6.52. The SMILES string of the molecule is c1ccc(-c2cccc3c2oc2c4cccc5c4n(c32)-c2ccccc2O5)nc1. The van der Waals surface area contributed by atoms with E-state index in [1.807, 2.05) is 54.7 Å². The summed E-state index contributed by atoms with van der Waals surface area (Å²) in [5.41, 5.74) is 6.77. The smallest absolute Gasteiger partial charge is 0.161 e. The van der Waals surface area contributed by atoms with Crippen LogP contribution in [0.5, 0.6) is 11.5 Å². The highest BCUT2D eigenvalue weighted by atomic mass is 16.5. The molecule has 29 heavy (non-hydrogen) atoms. The van der Waals surface area contributed by atoms with Gasteiger partial charge >= 0.3 is 0 Å². The van der Waals surface area contributed by atoms with Crippen LogP contribution in [0.2, 0.25) is 0 Å². The first kappa shape index (κ1) is 14.9. The molecular weight excluding hydrogens is 360 g/mol. The van der Waals surface area contributed by atoms with Gasteiger partial charge in [-0.15, -0.1) is 0 Å². The third-order valence-electron chi connectivity index (χ3n) is 5.65. The first-order valence-corrected chi connectivity index (χ1v) is 9.57. The molecule has 7 rings (SSSR count). The largest absolute Gasteiger partial charge is 0.453 e. The summed E-state index contributed by atoms with van der Waals surface area (Å²) in [5.74, 6) is 1.70. The van der Waals surface area contributed by atoms with Crippen LogP contribution in [0, 0.1) is 0 Å². The number of hydrogen-bond acceptors (Lipinski definition) is 3. The second-order valence-corrected chi connectivity index (χ2v) is 7.23. The van der Waals surface area contributed by atoms with Gasteiger partial charge in [0.1, 0.15) is 16.6 Å². The zero-order valence-corrected chi connectivity index (χ0v) is 15.3. The van der Waals surface area contributed by atoms with Gasteiger partial charge in [0, 0.05) is 22.5 Å². The highest BCUT2D eigenvalue weighted by Crippen LogP contribution is 2.48. The summed E-state index contributed by atoms with van der Waals surface area (Å²) in [6.07, 6.45) is 1.81. The second-order valence-electron chi connectivity index (χ2n) is 7.23. The molecule has 0 bridgehead atoms. The maximum atomic E-state index is 6.52. The molecule has 0 fully saturated rings. The van der Waals surface area contributed by atoms with Gasteiger partial charge in [-0.25, -0.2) is 0 Å². The van der Waals surface area contributed by atoms with Crippen LogP contribution in [0.3, 0.4) is 0 Å². The van der Waals surface area contributed by atoms with Crippen LogP contribution in [0.25, 0.3) is 49.9 Å². The number of benzene rings is 3. The van der Waals surface area contributed by atoms with E-state index in [0.29, 0.717) is 0 Å². The third-order valence-corrected chi connectivity index (χ3v) is 5.65. The fraction of sp³-hybridized carbons (Fsp3) is 0. The van der Waals surface area contributed by atoms with Gasteiger partial charge in [0.15, 0.2) is 17.1 Å². The third kappa shape index (κ3) is 1.85. The van der Waals surface area contributed by atoms with E-state index >= 15 is 0 Å². The summed E-state index contributed by atoms with van der Waals surface area (Å²) in [5, 5.41) is 2.12. The molecule has 0 radical (unpaired) electrons. The summed E-state index contributed by atoms with van der Waals surface area (Å²) >= 11 is 0. The van der Waals surface area contributed by atoms with Crippen molar-refractivity contribution in [3.05, 3.63) is 85.1 Å². The zero-order chi connectivity index (χ0) is 18.9. The Labute approximate surface area is 165 Å². The predicted octanol–water partition coefficient (Wildman–Crippen LogP) is 6.70. The fourth-order valence-electron chi connectivity index (χ4n) is 4.45. The van der Waals surface area contributed by atoms with Gasteiger partial charge in [-0.1, -0.05) is 30.3 Å². The monoisotopic (exact) mass is 374 g/mol. The number of aromatic nitrogens is 2. The first-order valence-electron chi connectivity index (χ1n) is 9.57. The number of ether oxygens (including phenoxy) is 1. The average Bonchev–Trinajstić information content (AvgIpc) is 3.31. The Morgan fingerprint density at radius 2 is 1.45 bits per heavy atom. The number of para-hydroxylation sites is 4. The summed E-state index contributed by atoms with van der Waals surface area (Å²) in [6.45, 7) is 0. The quantitative estimate of drug-likeness (QED) is 0.321. The Kier molecular flexibility index (Phi) is 2.71. The summed E-state index contributed by atoms with van der Waals surface area (Å²) < 4.78 is 15.0. The molecule has 0 saturated heterocycles. The van der Waals surface area contributed by atoms with E-state index in [1.54, 1.807) is 0 Å². The lowest BCUT2D eigenvalue weighted by molar-refractivity contribution is 0.476. The highest BCUT2D eigenvalue weighted by Gasteiger charge is 2.27. The van der Waals surface area contributed by atoms with E-state index in [0.717, 1.165) is 61.4 Å². The van der Waals surface area contributed by atoms with Gasteiger partial charge in [0.25, 0.3) is 0 Å². The van der Waals surface area contributed by atoms with Crippen LogP contribution in [0.15, 0.2) is 89.5 Å². The van der Waals surface area contributed by atoms with Crippen LogP contribution in [-0.4, -0.2) is 9.55 Å². The van der Waals surface area contributed by atoms with Crippen molar-refractivity contribution in [2.75, 3.05) is 0 Å². The fourth-order valence-corrected chi connectivity index (χ4v) is 4.45. The van der Waals surface area contributed by atoms with Crippen molar-refractivity contribution in [2.24, 2.45) is 0 Å². The number of pyridine rings is 1. The Hall–Kier alpha value is -4.05. The topological polar surface area (TPSA) is 40.2 Å². The molecule has 4 heterocycles. The van der Waals surface area contributed by atoms with Crippen LogP contribution in [0.4, 0.5) is 0 Å². The van der Waals surface area contributed by atoms with E-state index in [1.165, 1.54) is 0 Å². The van der Waals surface area contributed by atoms with Crippen molar-refractivity contribution in [1.82, 2.24) is 9.55 Å². The van der Waals surface area contributed by atoms with Crippen LogP contribution < -0.4 is 4.74 Å². The summed E-state index contributed by atoms with van der Waals surface area (Å²) in [6, 6.07) is 26.4. The van der Waals surface area contributed by atoms with Gasteiger partial charge in [-0.05, 0) is 48.5 Å². The molecule has 1 aliphatic rings. The predicted molar refractivity (Wildman–Crippen MR) is 114 cm³/mol. The van der Waals surface area contributed by atoms with Crippen molar-refractivity contribution >= 4 is 33.0 Å². The lowest BCUT2D eigenvalue weighted by Gasteiger charge is -2.20. The van der Waals surface area contributed by atoms with E-state index in [2.05, 4.69) is 39.9 Å². The van der Waals surface area contributed by atoms with E-state index in [-0.39, 0.29) is 0 Å². The molecule has 0 aliphatic carbocycles. The van der Waals surface area contributed by atoms with E-state index in [4.69, 9.17) is 9.15 Å². The van der Waals surface area contributed by atoms with Gasteiger partial charge in [0.2, 0.25) is 0 Å². The molecule has 4 nitrogen and oxygen atoms in total. The molecule has 3 aromatic carbocycles. The Morgan fingerprint density at radius 3 is 2.34 bits per heavy atom. The van der Waals surface area contributed by atoms with Crippen LogP contribution in [0.1, 0.15) is 0 Å². The Morgan fingerprint density at radius 1 is 0.655 bits per heavy atom. The molecule has 0 atom stereocenters. The van der Waals surface area contributed by atoms with E-state index < -0.39 is 0 Å². The molecule has 4 heteroatoms. The molecule has 0 N–H and O–H groups in total. The first-order chi connectivity index (χ1) is 14.4. The van der Waals surface area contributed by atoms with Crippen molar-refractivity contribution in [1.29, 1.82) is 0 Å². The molecule has 0 spiro atoms. The normalized spacial score (nSPS) is 12.4. The molecule has 6 aromatic rings. The average molecular weight is 374 g/mol. The highest BCUT2D eigenvalue weighted by molar-refractivity contribution is 6.19. The Balaban J connectivity index is 1.70. The van der Waals surface area contributed by atoms with Crippen molar-refractivity contribution in [3.8, 4) is 28.4 Å². The molecule has 136 valence electrons. The van der Waals surface area contributed by atoms with Crippen molar-refractivity contribution in [3.63, 3.8) is 0 Å². The number of furan rings is 1. The number of nitrogens with zero attached hydrogens (tertiary/aromatic N) is 2. The van der Waals surface area contributed by atoms with Gasteiger partial charge in [0.05, 0.1) is 11.4 Å². The van der Waals surface area contributed by atoms with E-state index in [9.17, 15) is 0 Å². The molecule has 3 aromatic heterocycles. The molecule has 0 unspecified atom stereocenters. The lowest BCUT2D eigenvalue weighted by atomic mass is 10.1. The lowest BCUT2D eigenvalue weighted by Crippen LogP contribution is -2.03. The van der Waals surface area contributed by atoms with Gasteiger partial charge < -0.3 is 9.15 Å². The van der Waals surface area contributed by atoms with Crippen LogP contribution >= 0.6 is 0 Å². The minimum atomic E-state index is 0.847. The standard InChI is InChI=1S/C25H14N2O2/c1-2-12-20-19(11-1)27-22-16(9-6-13-21(22)28-20)25-23(27)17-8-5-7-15(24(17)29-25)18-10-3-4-14-26-18/h1-14H. The van der Waals surface area contributed by atoms with Gasteiger partial charge in [-0.3, -0.25) is 9.55 Å². The number of rotatable bonds is 1. The van der Waals surface area contributed by atoms with Crippen LogP contribution in [-0.2, 0) is 0 Å². The molecule has 0 amide bonds. The maximum Gasteiger partial charge on any atom is 0.161 e. The number of fused-ring (bicyclic) bond motifs is 7. The second kappa shape index (κ2) is 5.26. The number of hydrogen-bond donors (Lipinski definition) is 0.